The maximum atomic E-state index is 10.1. The Hall–Kier alpha value is -1.50. The lowest BCUT2D eigenvalue weighted by Gasteiger charge is -2.11. The molecular weight excluding hydrogens is 224 g/mol. The molecule has 0 bridgehead atoms. The molecule has 0 fully saturated rings. The molecule has 0 aliphatic carbocycles. The monoisotopic (exact) mass is 246 g/mol. The molecule has 1 aromatic carbocycles. The molecule has 1 atom stereocenters. The third kappa shape index (κ3) is 4.40. The van der Waals surface area contributed by atoms with E-state index in [1.807, 2.05) is 31.2 Å². The van der Waals surface area contributed by atoms with Crippen molar-refractivity contribution in [2.75, 3.05) is 7.11 Å². The first kappa shape index (κ1) is 14.6. The van der Waals surface area contributed by atoms with Crippen molar-refractivity contribution in [3.05, 3.63) is 46.7 Å². The molecule has 1 N–H and O–H groups in total. The lowest BCUT2D eigenvalue weighted by molar-refractivity contribution is 0.178. The Labute approximate surface area is 110 Å². The van der Waals surface area contributed by atoms with Gasteiger partial charge in [-0.25, -0.2) is 0 Å². The highest BCUT2D eigenvalue weighted by Crippen LogP contribution is 2.22. The van der Waals surface area contributed by atoms with E-state index in [4.69, 9.17) is 4.74 Å². The number of aliphatic hydroxyl groups excluding tert-OH is 1. The van der Waals surface area contributed by atoms with E-state index in [1.54, 1.807) is 7.11 Å². The normalized spacial score (nSPS) is 11.6. The van der Waals surface area contributed by atoms with Crippen molar-refractivity contribution in [2.45, 2.75) is 39.7 Å². The standard InChI is InChI=1S/C16H22O2/c1-5-12(2)10-13(3)11-16(17)14-6-8-15(18-4)9-7-14/h6-9,16-17H,5,11H2,1-4H3/t10?,16-/m1/s1. The van der Waals surface area contributed by atoms with Crippen LogP contribution in [0.15, 0.2) is 41.1 Å². The molecule has 0 saturated heterocycles. The summed E-state index contributed by atoms with van der Waals surface area (Å²) in [5.74, 6) is 0.805. The molecule has 18 heavy (non-hydrogen) atoms. The molecule has 0 radical (unpaired) electrons. The van der Waals surface area contributed by atoms with Crippen LogP contribution < -0.4 is 4.74 Å². The van der Waals surface area contributed by atoms with Crippen LogP contribution in [0.3, 0.4) is 0 Å². The summed E-state index contributed by atoms with van der Waals surface area (Å²) in [5.41, 5.74) is 6.51. The largest absolute Gasteiger partial charge is 0.497 e. The van der Waals surface area contributed by atoms with Gasteiger partial charge in [-0.05, 0) is 49.1 Å². The number of rotatable bonds is 5. The highest BCUT2D eigenvalue weighted by atomic mass is 16.5. The van der Waals surface area contributed by atoms with E-state index in [1.165, 1.54) is 5.57 Å². The molecule has 2 nitrogen and oxygen atoms in total. The fourth-order valence-electron chi connectivity index (χ4n) is 1.74. The van der Waals surface area contributed by atoms with Crippen LogP contribution in [0, 0.1) is 0 Å². The molecule has 0 unspecified atom stereocenters. The lowest BCUT2D eigenvalue weighted by atomic mass is 10.0. The molecule has 0 heterocycles. The highest BCUT2D eigenvalue weighted by molar-refractivity contribution is 5.29. The van der Waals surface area contributed by atoms with Gasteiger partial charge in [0, 0.05) is 6.42 Å². The van der Waals surface area contributed by atoms with Gasteiger partial charge in [0.2, 0.25) is 0 Å². The summed E-state index contributed by atoms with van der Waals surface area (Å²) in [7, 11) is 1.64. The highest BCUT2D eigenvalue weighted by Gasteiger charge is 2.08. The molecule has 0 spiro atoms. The molecule has 0 amide bonds. The van der Waals surface area contributed by atoms with Gasteiger partial charge in [-0.15, -0.1) is 5.73 Å². The summed E-state index contributed by atoms with van der Waals surface area (Å²) >= 11 is 0. The van der Waals surface area contributed by atoms with E-state index in [0.717, 1.165) is 23.3 Å². The topological polar surface area (TPSA) is 29.5 Å². The summed E-state index contributed by atoms with van der Waals surface area (Å²) in [6.07, 6.45) is 1.13. The van der Waals surface area contributed by atoms with E-state index >= 15 is 0 Å². The third-order valence-corrected chi connectivity index (χ3v) is 2.96. The summed E-state index contributed by atoms with van der Waals surface area (Å²) in [5, 5.41) is 10.1. The van der Waals surface area contributed by atoms with Gasteiger partial charge in [0.05, 0.1) is 13.2 Å². The quantitative estimate of drug-likeness (QED) is 0.795. The minimum atomic E-state index is -0.479. The molecular formula is C16H22O2. The Morgan fingerprint density at radius 3 is 2.33 bits per heavy atom. The summed E-state index contributed by atoms with van der Waals surface area (Å²) < 4.78 is 5.09. The maximum absolute atomic E-state index is 10.1. The fraction of sp³-hybridized carbons (Fsp3) is 0.438. The van der Waals surface area contributed by atoms with Crippen LogP contribution in [0.4, 0.5) is 0 Å². The van der Waals surface area contributed by atoms with Crippen LogP contribution in [0.5, 0.6) is 5.75 Å². The fourth-order valence-corrected chi connectivity index (χ4v) is 1.74. The Morgan fingerprint density at radius 1 is 1.22 bits per heavy atom. The van der Waals surface area contributed by atoms with Crippen LogP contribution in [-0.2, 0) is 0 Å². The molecule has 0 aliphatic rings. The van der Waals surface area contributed by atoms with Gasteiger partial charge in [-0.2, -0.15) is 0 Å². The SMILES string of the molecule is CCC(C)=C=C(C)C[C@@H](O)c1ccc(OC)cc1. The van der Waals surface area contributed by atoms with Crippen molar-refractivity contribution in [3.8, 4) is 5.75 Å². The van der Waals surface area contributed by atoms with Crippen molar-refractivity contribution in [1.29, 1.82) is 0 Å². The van der Waals surface area contributed by atoms with E-state index in [0.29, 0.717) is 6.42 Å². The molecule has 1 rings (SSSR count). The van der Waals surface area contributed by atoms with Crippen LogP contribution in [-0.4, -0.2) is 12.2 Å². The number of hydrogen-bond donors (Lipinski definition) is 1. The van der Waals surface area contributed by atoms with Crippen molar-refractivity contribution in [2.24, 2.45) is 0 Å². The second kappa shape index (κ2) is 7.05. The average molecular weight is 246 g/mol. The zero-order valence-electron chi connectivity index (χ0n) is 11.7. The minimum absolute atomic E-state index is 0.479. The van der Waals surface area contributed by atoms with Crippen molar-refractivity contribution in [3.63, 3.8) is 0 Å². The first-order chi connectivity index (χ1) is 8.56. The molecule has 2 heteroatoms. The Balaban J connectivity index is 2.76. The molecule has 98 valence electrons. The first-order valence-corrected chi connectivity index (χ1v) is 6.30. The van der Waals surface area contributed by atoms with Gasteiger partial charge in [0.25, 0.3) is 0 Å². The number of benzene rings is 1. The average Bonchev–Trinajstić information content (AvgIpc) is 2.38. The number of hydrogen-bond acceptors (Lipinski definition) is 2. The van der Waals surface area contributed by atoms with Gasteiger partial charge < -0.3 is 9.84 Å². The second-order valence-electron chi connectivity index (χ2n) is 4.53. The van der Waals surface area contributed by atoms with Crippen molar-refractivity contribution >= 4 is 0 Å². The number of aliphatic hydroxyl groups is 1. The number of methoxy groups -OCH3 is 1. The summed E-state index contributed by atoms with van der Waals surface area (Å²) in [6.45, 7) is 6.17. The van der Waals surface area contributed by atoms with E-state index in [9.17, 15) is 5.11 Å². The molecule has 0 aliphatic heterocycles. The molecule has 1 aromatic rings. The van der Waals surface area contributed by atoms with Gasteiger partial charge in [-0.1, -0.05) is 19.1 Å². The zero-order valence-corrected chi connectivity index (χ0v) is 11.7. The Kier molecular flexibility index (Phi) is 5.70. The zero-order chi connectivity index (χ0) is 13.5. The lowest BCUT2D eigenvalue weighted by Crippen LogP contribution is -1.98. The van der Waals surface area contributed by atoms with Crippen LogP contribution >= 0.6 is 0 Å². The van der Waals surface area contributed by atoms with Gasteiger partial charge in [0.1, 0.15) is 5.75 Å². The van der Waals surface area contributed by atoms with Crippen molar-refractivity contribution in [1.82, 2.24) is 0 Å². The predicted molar refractivity (Wildman–Crippen MR) is 74.7 cm³/mol. The van der Waals surface area contributed by atoms with Crippen molar-refractivity contribution < 1.29 is 9.84 Å². The van der Waals surface area contributed by atoms with Gasteiger partial charge >= 0.3 is 0 Å². The van der Waals surface area contributed by atoms with Gasteiger partial charge in [-0.3, -0.25) is 0 Å². The third-order valence-electron chi connectivity index (χ3n) is 2.96. The van der Waals surface area contributed by atoms with E-state index in [2.05, 4.69) is 19.6 Å². The van der Waals surface area contributed by atoms with Gasteiger partial charge in [0.15, 0.2) is 0 Å². The first-order valence-electron chi connectivity index (χ1n) is 6.30. The van der Waals surface area contributed by atoms with E-state index < -0.39 is 6.10 Å². The summed E-state index contributed by atoms with van der Waals surface area (Å²) in [6, 6.07) is 7.52. The Morgan fingerprint density at radius 2 is 1.83 bits per heavy atom. The minimum Gasteiger partial charge on any atom is -0.497 e. The van der Waals surface area contributed by atoms with Crippen LogP contribution in [0.1, 0.15) is 45.3 Å². The smallest absolute Gasteiger partial charge is 0.118 e. The predicted octanol–water partition coefficient (Wildman–Crippen LogP) is 4.02. The maximum Gasteiger partial charge on any atom is 0.118 e. The Bertz CT molecular complexity index is 437. The van der Waals surface area contributed by atoms with Crippen LogP contribution in [0.2, 0.25) is 0 Å². The number of ether oxygens (including phenoxy) is 1. The summed E-state index contributed by atoms with van der Waals surface area (Å²) in [4.78, 5) is 0. The van der Waals surface area contributed by atoms with E-state index in [-0.39, 0.29) is 0 Å². The molecule has 0 saturated carbocycles. The molecule has 0 aromatic heterocycles. The second-order valence-corrected chi connectivity index (χ2v) is 4.53. The van der Waals surface area contributed by atoms with Crippen LogP contribution in [0.25, 0.3) is 0 Å².